The molecule has 0 unspecified atom stereocenters. The SMILES string of the molecule is Cc1nnc(-c2cc3ncc(Br)cn3n2)o1. The molecule has 0 aliphatic rings. The van der Waals surface area contributed by atoms with Crippen molar-refractivity contribution in [3.63, 3.8) is 0 Å². The first-order valence-corrected chi connectivity index (χ1v) is 5.33. The fraction of sp³-hybridized carbons (Fsp3) is 0.111. The summed E-state index contributed by atoms with van der Waals surface area (Å²) in [4.78, 5) is 4.20. The third-order valence-electron chi connectivity index (χ3n) is 2.03. The van der Waals surface area contributed by atoms with Crippen LogP contribution in [0.5, 0.6) is 0 Å². The van der Waals surface area contributed by atoms with E-state index in [9.17, 15) is 0 Å². The van der Waals surface area contributed by atoms with Gasteiger partial charge in [0.2, 0.25) is 5.89 Å². The van der Waals surface area contributed by atoms with Crippen LogP contribution in [0.1, 0.15) is 5.89 Å². The van der Waals surface area contributed by atoms with E-state index in [2.05, 4.69) is 36.2 Å². The highest BCUT2D eigenvalue weighted by Crippen LogP contribution is 2.18. The summed E-state index contributed by atoms with van der Waals surface area (Å²) in [6, 6.07) is 1.79. The maximum Gasteiger partial charge on any atom is 0.268 e. The number of rotatable bonds is 1. The summed E-state index contributed by atoms with van der Waals surface area (Å²) in [5.74, 6) is 0.917. The summed E-state index contributed by atoms with van der Waals surface area (Å²) in [5.41, 5.74) is 1.35. The zero-order valence-corrected chi connectivity index (χ0v) is 9.84. The van der Waals surface area contributed by atoms with Crippen molar-refractivity contribution in [2.75, 3.05) is 0 Å². The molecule has 7 heteroatoms. The fourth-order valence-electron chi connectivity index (χ4n) is 1.36. The van der Waals surface area contributed by atoms with Crippen LogP contribution in [0.3, 0.4) is 0 Å². The van der Waals surface area contributed by atoms with E-state index in [0.717, 1.165) is 10.1 Å². The van der Waals surface area contributed by atoms with Gasteiger partial charge < -0.3 is 4.42 Å². The zero-order valence-electron chi connectivity index (χ0n) is 8.25. The van der Waals surface area contributed by atoms with E-state index >= 15 is 0 Å². The van der Waals surface area contributed by atoms with Crippen LogP contribution in [0.2, 0.25) is 0 Å². The summed E-state index contributed by atoms with van der Waals surface area (Å²) < 4.78 is 7.80. The normalized spacial score (nSPS) is 11.1. The second kappa shape index (κ2) is 3.38. The highest BCUT2D eigenvalue weighted by atomic mass is 79.9. The molecule has 0 spiro atoms. The Morgan fingerprint density at radius 1 is 1.38 bits per heavy atom. The molecule has 6 nitrogen and oxygen atoms in total. The third-order valence-corrected chi connectivity index (χ3v) is 2.44. The molecule has 0 saturated carbocycles. The number of hydrogen-bond acceptors (Lipinski definition) is 5. The third kappa shape index (κ3) is 1.49. The lowest BCUT2D eigenvalue weighted by atomic mass is 10.4. The lowest BCUT2D eigenvalue weighted by molar-refractivity contribution is 0.530. The second-order valence-electron chi connectivity index (χ2n) is 3.23. The Morgan fingerprint density at radius 3 is 3.00 bits per heavy atom. The Kier molecular flexibility index (Phi) is 2.00. The molecular weight excluding hydrogens is 274 g/mol. The van der Waals surface area contributed by atoms with Crippen LogP contribution in [0.25, 0.3) is 17.2 Å². The molecule has 3 aromatic rings. The molecule has 3 rings (SSSR count). The Hall–Kier alpha value is -1.76. The van der Waals surface area contributed by atoms with Gasteiger partial charge in [0.1, 0.15) is 0 Å². The lowest BCUT2D eigenvalue weighted by Crippen LogP contribution is -1.88. The number of aryl methyl sites for hydroxylation is 1. The summed E-state index contributed by atoms with van der Waals surface area (Å²) in [5, 5.41) is 11.9. The van der Waals surface area contributed by atoms with E-state index in [0.29, 0.717) is 17.5 Å². The number of nitrogens with zero attached hydrogens (tertiary/aromatic N) is 5. The standard InChI is InChI=1S/C9H6BrN5O/c1-5-12-13-9(16-5)7-2-8-11-3-6(10)4-15(8)14-7/h2-4H,1H3. The van der Waals surface area contributed by atoms with Gasteiger partial charge in [-0.05, 0) is 15.9 Å². The van der Waals surface area contributed by atoms with E-state index in [4.69, 9.17) is 4.42 Å². The fourth-order valence-corrected chi connectivity index (χ4v) is 1.65. The smallest absolute Gasteiger partial charge is 0.268 e. The van der Waals surface area contributed by atoms with Gasteiger partial charge in [-0.3, -0.25) is 0 Å². The van der Waals surface area contributed by atoms with Crippen molar-refractivity contribution in [2.24, 2.45) is 0 Å². The second-order valence-corrected chi connectivity index (χ2v) is 4.15. The Balaban J connectivity index is 2.18. The molecule has 0 fully saturated rings. The van der Waals surface area contributed by atoms with Crippen molar-refractivity contribution in [3.8, 4) is 11.6 Å². The van der Waals surface area contributed by atoms with Crippen LogP contribution >= 0.6 is 15.9 Å². The average Bonchev–Trinajstić information content (AvgIpc) is 2.83. The number of fused-ring (bicyclic) bond motifs is 1. The van der Waals surface area contributed by atoms with E-state index in [1.807, 2.05) is 6.20 Å². The van der Waals surface area contributed by atoms with E-state index in [-0.39, 0.29) is 0 Å². The van der Waals surface area contributed by atoms with Crippen LogP contribution in [-0.2, 0) is 0 Å². The van der Waals surface area contributed by atoms with E-state index in [1.165, 1.54) is 0 Å². The molecule has 0 bridgehead atoms. The van der Waals surface area contributed by atoms with Crippen molar-refractivity contribution in [3.05, 3.63) is 28.8 Å². The largest absolute Gasteiger partial charge is 0.420 e. The van der Waals surface area contributed by atoms with Crippen molar-refractivity contribution in [1.29, 1.82) is 0 Å². The predicted molar refractivity (Wildman–Crippen MR) is 58.7 cm³/mol. The number of aromatic nitrogens is 5. The molecule has 0 amide bonds. The molecular formula is C9H6BrN5O. The number of hydrogen-bond donors (Lipinski definition) is 0. The molecule has 0 atom stereocenters. The minimum Gasteiger partial charge on any atom is -0.420 e. The molecule has 0 aliphatic heterocycles. The maximum absolute atomic E-state index is 5.29. The van der Waals surface area contributed by atoms with E-state index < -0.39 is 0 Å². The average molecular weight is 280 g/mol. The number of halogens is 1. The highest BCUT2D eigenvalue weighted by molar-refractivity contribution is 9.10. The molecule has 16 heavy (non-hydrogen) atoms. The predicted octanol–water partition coefficient (Wildman–Crippen LogP) is 1.85. The Bertz CT molecular complexity index is 659. The summed E-state index contributed by atoms with van der Waals surface area (Å²) in [7, 11) is 0. The molecule has 3 heterocycles. The van der Waals surface area contributed by atoms with Gasteiger partial charge >= 0.3 is 0 Å². The molecule has 0 aliphatic carbocycles. The van der Waals surface area contributed by atoms with Gasteiger partial charge in [-0.25, -0.2) is 9.50 Å². The monoisotopic (exact) mass is 279 g/mol. The molecule has 0 aromatic carbocycles. The van der Waals surface area contributed by atoms with Gasteiger partial charge in [0.15, 0.2) is 11.3 Å². The van der Waals surface area contributed by atoms with Crippen LogP contribution in [-0.4, -0.2) is 24.8 Å². The first-order chi connectivity index (χ1) is 7.72. The zero-order chi connectivity index (χ0) is 11.1. The first kappa shape index (κ1) is 9.46. The molecule has 80 valence electrons. The van der Waals surface area contributed by atoms with E-state index in [1.54, 1.807) is 23.7 Å². The van der Waals surface area contributed by atoms with Crippen molar-refractivity contribution < 1.29 is 4.42 Å². The summed E-state index contributed by atoms with van der Waals surface area (Å²) in [6.07, 6.45) is 3.52. The van der Waals surface area contributed by atoms with Gasteiger partial charge in [0.25, 0.3) is 5.89 Å². The first-order valence-electron chi connectivity index (χ1n) is 4.54. The lowest BCUT2D eigenvalue weighted by Gasteiger charge is -1.90. The van der Waals surface area contributed by atoms with Crippen LogP contribution in [0.4, 0.5) is 0 Å². The summed E-state index contributed by atoms with van der Waals surface area (Å²) >= 11 is 3.33. The molecule has 0 saturated heterocycles. The van der Waals surface area contributed by atoms with Crippen LogP contribution in [0, 0.1) is 6.92 Å². The van der Waals surface area contributed by atoms with Crippen molar-refractivity contribution in [2.45, 2.75) is 6.92 Å². The van der Waals surface area contributed by atoms with Crippen LogP contribution < -0.4 is 0 Å². The van der Waals surface area contributed by atoms with Gasteiger partial charge in [0.05, 0.1) is 4.47 Å². The molecule has 3 aromatic heterocycles. The van der Waals surface area contributed by atoms with Crippen LogP contribution in [0.15, 0.2) is 27.3 Å². The maximum atomic E-state index is 5.29. The molecule has 0 radical (unpaired) electrons. The minimum atomic E-state index is 0.402. The quantitative estimate of drug-likeness (QED) is 0.680. The summed E-state index contributed by atoms with van der Waals surface area (Å²) in [6.45, 7) is 1.74. The van der Waals surface area contributed by atoms with Crippen molar-refractivity contribution in [1.82, 2.24) is 24.8 Å². The molecule has 0 N–H and O–H groups in total. The van der Waals surface area contributed by atoms with Gasteiger partial charge in [0, 0.05) is 25.4 Å². The van der Waals surface area contributed by atoms with Crippen molar-refractivity contribution >= 4 is 21.6 Å². The van der Waals surface area contributed by atoms with Gasteiger partial charge in [-0.15, -0.1) is 10.2 Å². The van der Waals surface area contributed by atoms with Gasteiger partial charge in [-0.1, -0.05) is 0 Å². The van der Waals surface area contributed by atoms with Gasteiger partial charge in [-0.2, -0.15) is 5.10 Å². The topological polar surface area (TPSA) is 69.1 Å². The Morgan fingerprint density at radius 2 is 2.25 bits per heavy atom. The minimum absolute atomic E-state index is 0.402. The highest BCUT2D eigenvalue weighted by Gasteiger charge is 2.11. The Labute approximate surface area is 98.4 Å².